The number of hydrogen-bond donors (Lipinski definition) is 1. The summed E-state index contributed by atoms with van der Waals surface area (Å²) in [6, 6.07) is 4.69. The van der Waals surface area contributed by atoms with Crippen molar-refractivity contribution in [2.24, 2.45) is 7.05 Å². The molecule has 0 atom stereocenters. The van der Waals surface area contributed by atoms with E-state index in [2.05, 4.69) is 26.2 Å². The summed E-state index contributed by atoms with van der Waals surface area (Å²) in [6.45, 7) is 1.32. The zero-order valence-corrected chi connectivity index (χ0v) is 11.0. The van der Waals surface area contributed by atoms with Gasteiger partial charge in [0, 0.05) is 30.8 Å². The number of halogens is 2. The molecule has 0 fully saturated rings. The van der Waals surface area contributed by atoms with Crippen LogP contribution in [0, 0.1) is 5.82 Å². The smallest absolute Gasteiger partial charge is 0.123 e. The van der Waals surface area contributed by atoms with E-state index in [1.807, 2.05) is 17.8 Å². The first-order chi connectivity index (χ1) is 8.16. The standard InChI is InChI=1S/C12H13BrFN3/c1-17-8-16-7-11(17)6-15-5-9-4-10(14)2-3-12(9)13/h2-4,7-8,15H,5-6H2,1H3. The Balaban J connectivity index is 1.94. The van der Waals surface area contributed by atoms with E-state index in [0.717, 1.165) is 15.7 Å². The second-order valence-electron chi connectivity index (χ2n) is 3.84. The van der Waals surface area contributed by atoms with Crippen LogP contribution in [0.1, 0.15) is 11.3 Å². The molecule has 0 spiro atoms. The van der Waals surface area contributed by atoms with E-state index in [-0.39, 0.29) is 5.82 Å². The lowest BCUT2D eigenvalue weighted by Gasteiger charge is -2.07. The van der Waals surface area contributed by atoms with E-state index >= 15 is 0 Å². The Morgan fingerprint density at radius 1 is 1.41 bits per heavy atom. The van der Waals surface area contributed by atoms with Crippen molar-refractivity contribution in [3.8, 4) is 0 Å². The summed E-state index contributed by atoms with van der Waals surface area (Å²) in [4.78, 5) is 4.03. The summed E-state index contributed by atoms with van der Waals surface area (Å²) in [5.41, 5.74) is 2.00. The molecule has 1 aromatic carbocycles. The Hall–Kier alpha value is -1.20. The van der Waals surface area contributed by atoms with Gasteiger partial charge in [0.25, 0.3) is 0 Å². The number of benzene rings is 1. The quantitative estimate of drug-likeness (QED) is 0.940. The highest BCUT2D eigenvalue weighted by Crippen LogP contribution is 2.17. The molecule has 1 aromatic heterocycles. The molecule has 0 amide bonds. The van der Waals surface area contributed by atoms with Crippen molar-refractivity contribution in [3.05, 3.63) is 52.3 Å². The number of aromatic nitrogens is 2. The summed E-state index contributed by atoms with van der Waals surface area (Å²) in [7, 11) is 1.95. The van der Waals surface area contributed by atoms with Gasteiger partial charge in [0.1, 0.15) is 5.82 Å². The molecule has 1 N–H and O–H groups in total. The Morgan fingerprint density at radius 2 is 2.24 bits per heavy atom. The van der Waals surface area contributed by atoms with Crippen molar-refractivity contribution < 1.29 is 4.39 Å². The molecule has 0 aliphatic carbocycles. The van der Waals surface area contributed by atoms with Gasteiger partial charge in [-0.15, -0.1) is 0 Å². The van der Waals surface area contributed by atoms with E-state index in [4.69, 9.17) is 0 Å². The topological polar surface area (TPSA) is 29.9 Å². The molecule has 0 aliphatic rings. The lowest BCUT2D eigenvalue weighted by Crippen LogP contribution is -2.15. The van der Waals surface area contributed by atoms with E-state index < -0.39 is 0 Å². The van der Waals surface area contributed by atoms with Gasteiger partial charge < -0.3 is 9.88 Å². The van der Waals surface area contributed by atoms with Crippen LogP contribution >= 0.6 is 15.9 Å². The molecule has 0 unspecified atom stereocenters. The fourth-order valence-corrected chi connectivity index (χ4v) is 1.95. The largest absolute Gasteiger partial charge is 0.337 e. The van der Waals surface area contributed by atoms with E-state index in [1.54, 1.807) is 12.4 Å². The lowest BCUT2D eigenvalue weighted by atomic mass is 10.2. The minimum Gasteiger partial charge on any atom is -0.337 e. The van der Waals surface area contributed by atoms with Crippen LogP contribution in [0.5, 0.6) is 0 Å². The fraction of sp³-hybridized carbons (Fsp3) is 0.250. The number of nitrogens with zero attached hydrogens (tertiary/aromatic N) is 2. The second kappa shape index (κ2) is 5.42. The predicted molar refractivity (Wildman–Crippen MR) is 67.9 cm³/mol. The molecular formula is C12H13BrFN3. The first-order valence-electron chi connectivity index (χ1n) is 5.26. The molecule has 0 radical (unpaired) electrons. The zero-order valence-electron chi connectivity index (χ0n) is 9.45. The predicted octanol–water partition coefficient (Wildman–Crippen LogP) is 2.61. The third-order valence-corrected chi connectivity index (χ3v) is 3.32. The van der Waals surface area contributed by atoms with Crippen molar-refractivity contribution in [2.45, 2.75) is 13.1 Å². The van der Waals surface area contributed by atoms with Gasteiger partial charge in [-0.3, -0.25) is 0 Å². The van der Waals surface area contributed by atoms with Gasteiger partial charge >= 0.3 is 0 Å². The third kappa shape index (κ3) is 3.14. The normalized spacial score (nSPS) is 10.8. The van der Waals surface area contributed by atoms with Gasteiger partial charge in [0.05, 0.1) is 12.0 Å². The van der Waals surface area contributed by atoms with Gasteiger partial charge in [-0.2, -0.15) is 0 Å². The van der Waals surface area contributed by atoms with Crippen molar-refractivity contribution >= 4 is 15.9 Å². The SMILES string of the molecule is Cn1cncc1CNCc1cc(F)ccc1Br. The highest BCUT2D eigenvalue weighted by molar-refractivity contribution is 9.10. The van der Waals surface area contributed by atoms with Gasteiger partial charge in [0.15, 0.2) is 0 Å². The Kier molecular flexibility index (Phi) is 3.91. The average molecular weight is 298 g/mol. The van der Waals surface area contributed by atoms with Crippen LogP contribution in [-0.4, -0.2) is 9.55 Å². The van der Waals surface area contributed by atoms with Crippen LogP contribution in [-0.2, 0) is 20.1 Å². The van der Waals surface area contributed by atoms with Crippen LogP contribution < -0.4 is 5.32 Å². The number of aryl methyl sites for hydroxylation is 1. The third-order valence-electron chi connectivity index (χ3n) is 2.55. The first-order valence-corrected chi connectivity index (χ1v) is 6.06. The molecule has 2 aromatic rings. The molecule has 0 aliphatic heterocycles. The summed E-state index contributed by atoms with van der Waals surface area (Å²) in [5.74, 6) is -0.217. The molecule has 0 bridgehead atoms. The van der Waals surface area contributed by atoms with Crippen LogP contribution in [0.25, 0.3) is 0 Å². The maximum Gasteiger partial charge on any atom is 0.123 e. The van der Waals surface area contributed by atoms with Gasteiger partial charge in [0.2, 0.25) is 0 Å². The molecular weight excluding hydrogens is 285 g/mol. The number of nitrogens with one attached hydrogen (secondary N) is 1. The summed E-state index contributed by atoms with van der Waals surface area (Å²) in [6.07, 6.45) is 3.57. The second-order valence-corrected chi connectivity index (χ2v) is 4.69. The van der Waals surface area contributed by atoms with Crippen LogP contribution in [0.2, 0.25) is 0 Å². The van der Waals surface area contributed by atoms with E-state index in [9.17, 15) is 4.39 Å². The van der Waals surface area contributed by atoms with E-state index in [1.165, 1.54) is 12.1 Å². The molecule has 0 saturated carbocycles. The van der Waals surface area contributed by atoms with Crippen molar-refractivity contribution in [2.75, 3.05) is 0 Å². The van der Waals surface area contributed by atoms with Gasteiger partial charge in [-0.1, -0.05) is 15.9 Å². The molecule has 17 heavy (non-hydrogen) atoms. The minimum atomic E-state index is -0.217. The van der Waals surface area contributed by atoms with Gasteiger partial charge in [-0.25, -0.2) is 9.37 Å². The monoisotopic (exact) mass is 297 g/mol. The van der Waals surface area contributed by atoms with Crippen LogP contribution in [0.3, 0.4) is 0 Å². The van der Waals surface area contributed by atoms with Gasteiger partial charge in [-0.05, 0) is 23.8 Å². The molecule has 3 nitrogen and oxygen atoms in total. The maximum atomic E-state index is 13.0. The minimum absolute atomic E-state index is 0.217. The molecule has 1 heterocycles. The number of rotatable bonds is 4. The average Bonchev–Trinajstić information content (AvgIpc) is 2.70. The molecule has 2 rings (SSSR count). The Labute approximate surface area is 108 Å². The van der Waals surface area contributed by atoms with Crippen molar-refractivity contribution in [1.29, 1.82) is 0 Å². The van der Waals surface area contributed by atoms with Crippen LogP contribution in [0.15, 0.2) is 35.2 Å². The van der Waals surface area contributed by atoms with Crippen molar-refractivity contribution in [3.63, 3.8) is 0 Å². The molecule has 0 saturated heterocycles. The Bertz CT molecular complexity index is 510. The Morgan fingerprint density at radius 3 is 2.94 bits per heavy atom. The fourth-order valence-electron chi connectivity index (χ4n) is 1.56. The van der Waals surface area contributed by atoms with Crippen molar-refractivity contribution in [1.82, 2.24) is 14.9 Å². The molecule has 5 heteroatoms. The number of imidazole rings is 1. The highest BCUT2D eigenvalue weighted by Gasteiger charge is 2.02. The number of hydrogen-bond acceptors (Lipinski definition) is 2. The maximum absolute atomic E-state index is 13.0. The van der Waals surface area contributed by atoms with Crippen LogP contribution in [0.4, 0.5) is 4.39 Å². The summed E-state index contributed by atoms with van der Waals surface area (Å²) >= 11 is 3.40. The summed E-state index contributed by atoms with van der Waals surface area (Å²) < 4.78 is 15.9. The molecule has 90 valence electrons. The zero-order chi connectivity index (χ0) is 12.3. The summed E-state index contributed by atoms with van der Waals surface area (Å²) in [5, 5.41) is 3.26. The lowest BCUT2D eigenvalue weighted by molar-refractivity contribution is 0.615. The van der Waals surface area contributed by atoms with E-state index in [0.29, 0.717) is 13.1 Å². The highest BCUT2D eigenvalue weighted by atomic mass is 79.9. The first kappa shape index (κ1) is 12.3.